The van der Waals surface area contributed by atoms with Crippen molar-refractivity contribution in [3.8, 4) is 0 Å². The average molecular weight is 377 g/mol. The van der Waals surface area contributed by atoms with Gasteiger partial charge in [0.1, 0.15) is 5.25 Å². The van der Waals surface area contributed by atoms with Crippen LogP contribution in [0.3, 0.4) is 0 Å². The molecule has 0 aromatic heterocycles. The molecule has 8 nitrogen and oxygen atoms in total. The third kappa shape index (κ3) is 3.73. The number of hydrogen-bond acceptors (Lipinski definition) is 7. The molecule has 0 spiro atoms. The van der Waals surface area contributed by atoms with Crippen LogP contribution in [0.4, 0.5) is 4.79 Å². The maximum atomic E-state index is 12.6. The van der Waals surface area contributed by atoms with Crippen LogP contribution in [0.2, 0.25) is 0 Å². The summed E-state index contributed by atoms with van der Waals surface area (Å²) < 4.78 is 4.75. The molecule has 2 fully saturated rings. The first-order valence-corrected chi connectivity index (χ1v) is 9.19. The van der Waals surface area contributed by atoms with Crippen LogP contribution in [0.1, 0.15) is 5.56 Å². The number of carbonyl (C=O) groups excluding carboxylic acids is 4. The van der Waals surface area contributed by atoms with Crippen molar-refractivity contribution in [1.82, 2.24) is 14.7 Å². The Morgan fingerprint density at radius 1 is 1.15 bits per heavy atom. The topological polar surface area (TPSA) is 87.2 Å². The zero-order valence-corrected chi connectivity index (χ0v) is 15.1. The molecule has 0 aliphatic carbocycles. The zero-order valence-electron chi connectivity index (χ0n) is 14.3. The van der Waals surface area contributed by atoms with E-state index in [1.807, 2.05) is 11.0 Å². The summed E-state index contributed by atoms with van der Waals surface area (Å²) in [5.41, 5.74) is 0.768. The van der Waals surface area contributed by atoms with Crippen LogP contribution >= 0.6 is 11.8 Å². The van der Waals surface area contributed by atoms with E-state index < -0.39 is 17.8 Å². The highest BCUT2D eigenvalue weighted by Gasteiger charge is 2.45. The highest BCUT2D eigenvalue weighted by atomic mass is 32.2. The molecule has 0 N–H and O–H groups in total. The minimum atomic E-state index is -0.834. The molecular formula is C17H19N3O5S. The fourth-order valence-electron chi connectivity index (χ4n) is 2.89. The van der Waals surface area contributed by atoms with Crippen molar-refractivity contribution in [2.24, 2.45) is 0 Å². The second-order valence-corrected chi connectivity index (χ2v) is 7.30. The summed E-state index contributed by atoms with van der Waals surface area (Å²) in [6, 6.07) is 8.39. The lowest BCUT2D eigenvalue weighted by Gasteiger charge is -2.32. The molecule has 1 aromatic rings. The van der Waals surface area contributed by atoms with Gasteiger partial charge in [-0.05, 0) is 5.56 Å². The summed E-state index contributed by atoms with van der Waals surface area (Å²) in [6.45, 7) is 1.02. The minimum absolute atomic E-state index is 0.0112. The van der Waals surface area contributed by atoms with Crippen molar-refractivity contribution in [2.45, 2.75) is 11.8 Å². The summed E-state index contributed by atoms with van der Waals surface area (Å²) in [7, 11) is 1.33. The molecule has 138 valence electrons. The molecule has 3 rings (SSSR count). The lowest BCUT2D eigenvalue weighted by atomic mass is 10.2. The van der Waals surface area contributed by atoms with Gasteiger partial charge in [0.25, 0.3) is 0 Å². The number of methoxy groups -OCH3 is 1. The molecule has 2 aliphatic rings. The first kappa shape index (κ1) is 18.4. The second-order valence-electron chi connectivity index (χ2n) is 5.99. The predicted molar refractivity (Wildman–Crippen MR) is 93.9 cm³/mol. The standard InChI is InChI=1S/C17H19N3O5S/c1-25-16(23)13-10-18(7-8-26-13)11-20-15(22)14(21)19(17(20)24)9-12-5-3-2-4-6-12/h2-6,13H,7-11H2,1H3/t13-/m1/s1. The molecule has 1 aromatic carbocycles. The molecule has 2 heterocycles. The van der Waals surface area contributed by atoms with Gasteiger partial charge < -0.3 is 4.74 Å². The van der Waals surface area contributed by atoms with Crippen LogP contribution in [-0.2, 0) is 25.7 Å². The average Bonchev–Trinajstić information content (AvgIpc) is 2.86. The van der Waals surface area contributed by atoms with E-state index in [1.54, 1.807) is 24.3 Å². The Kier molecular flexibility index (Phi) is 5.58. The SMILES string of the molecule is COC(=O)[C@H]1CN(CN2C(=O)C(=O)N(Cc3ccccc3)C2=O)CCS1. The molecule has 9 heteroatoms. The van der Waals surface area contributed by atoms with E-state index in [4.69, 9.17) is 4.74 Å². The van der Waals surface area contributed by atoms with Gasteiger partial charge in [0.05, 0.1) is 20.3 Å². The zero-order chi connectivity index (χ0) is 18.7. The lowest BCUT2D eigenvalue weighted by Crippen LogP contribution is -2.48. The van der Waals surface area contributed by atoms with Crippen molar-refractivity contribution in [3.05, 3.63) is 35.9 Å². The number of imide groups is 2. The number of carbonyl (C=O) groups is 4. The summed E-state index contributed by atoms with van der Waals surface area (Å²) in [6.07, 6.45) is 0. The number of benzene rings is 1. The third-order valence-corrected chi connectivity index (χ3v) is 5.44. The first-order chi connectivity index (χ1) is 12.5. The van der Waals surface area contributed by atoms with Crippen molar-refractivity contribution in [2.75, 3.05) is 32.6 Å². The Morgan fingerprint density at radius 2 is 1.85 bits per heavy atom. The van der Waals surface area contributed by atoms with Gasteiger partial charge in [-0.1, -0.05) is 30.3 Å². The normalized spacial score (nSPS) is 21.4. The Bertz CT molecular complexity index is 726. The number of rotatable bonds is 5. The van der Waals surface area contributed by atoms with Gasteiger partial charge in [0.15, 0.2) is 0 Å². The Balaban J connectivity index is 1.66. The number of thioether (sulfide) groups is 1. The fraction of sp³-hybridized carbons (Fsp3) is 0.412. The number of ether oxygens (including phenoxy) is 1. The van der Waals surface area contributed by atoms with Crippen LogP contribution in [0, 0.1) is 0 Å². The van der Waals surface area contributed by atoms with Crippen LogP contribution in [0.25, 0.3) is 0 Å². The number of nitrogens with zero attached hydrogens (tertiary/aromatic N) is 3. The van der Waals surface area contributed by atoms with E-state index >= 15 is 0 Å². The summed E-state index contributed by atoms with van der Waals surface area (Å²) >= 11 is 1.48. The van der Waals surface area contributed by atoms with E-state index in [9.17, 15) is 19.2 Å². The van der Waals surface area contributed by atoms with E-state index in [-0.39, 0.29) is 24.4 Å². The second kappa shape index (κ2) is 7.88. The van der Waals surface area contributed by atoms with Gasteiger partial charge in [0, 0.05) is 18.8 Å². The van der Waals surface area contributed by atoms with Gasteiger partial charge in [0.2, 0.25) is 0 Å². The highest BCUT2D eigenvalue weighted by molar-refractivity contribution is 8.00. The summed E-state index contributed by atoms with van der Waals surface area (Å²) in [5, 5.41) is -0.363. The minimum Gasteiger partial charge on any atom is -0.468 e. The molecule has 2 aliphatic heterocycles. The van der Waals surface area contributed by atoms with E-state index in [0.29, 0.717) is 18.8 Å². The quantitative estimate of drug-likeness (QED) is 0.420. The summed E-state index contributed by atoms with van der Waals surface area (Å²) in [5.74, 6) is -1.31. The lowest BCUT2D eigenvalue weighted by molar-refractivity contribution is -0.144. The van der Waals surface area contributed by atoms with Crippen molar-refractivity contribution in [1.29, 1.82) is 0 Å². The van der Waals surface area contributed by atoms with Crippen molar-refractivity contribution < 1.29 is 23.9 Å². The maximum Gasteiger partial charge on any atom is 0.335 e. The molecule has 0 radical (unpaired) electrons. The van der Waals surface area contributed by atoms with E-state index in [0.717, 1.165) is 15.4 Å². The first-order valence-electron chi connectivity index (χ1n) is 8.14. The molecule has 26 heavy (non-hydrogen) atoms. The van der Waals surface area contributed by atoms with Gasteiger partial charge in [-0.3, -0.25) is 24.2 Å². The smallest absolute Gasteiger partial charge is 0.335 e. The number of esters is 1. The third-order valence-electron chi connectivity index (χ3n) is 4.27. The van der Waals surface area contributed by atoms with Crippen LogP contribution in [0.15, 0.2) is 30.3 Å². The molecule has 4 amide bonds. The van der Waals surface area contributed by atoms with Crippen LogP contribution < -0.4 is 0 Å². The van der Waals surface area contributed by atoms with E-state index in [1.165, 1.54) is 18.9 Å². The Morgan fingerprint density at radius 3 is 2.54 bits per heavy atom. The van der Waals surface area contributed by atoms with Crippen LogP contribution in [-0.4, -0.2) is 76.4 Å². The fourth-order valence-corrected chi connectivity index (χ4v) is 4.08. The molecule has 0 bridgehead atoms. The maximum absolute atomic E-state index is 12.6. The highest BCUT2D eigenvalue weighted by Crippen LogP contribution is 2.22. The molecule has 2 saturated heterocycles. The van der Waals surface area contributed by atoms with Crippen molar-refractivity contribution >= 4 is 35.6 Å². The monoisotopic (exact) mass is 377 g/mol. The Hall–Kier alpha value is -2.39. The number of hydrogen-bond donors (Lipinski definition) is 0. The van der Waals surface area contributed by atoms with Crippen molar-refractivity contribution in [3.63, 3.8) is 0 Å². The number of amides is 4. The Labute approximate surface area is 155 Å². The number of urea groups is 1. The predicted octanol–water partition coefficient (Wildman–Crippen LogP) is 0.525. The van der Waals surface area contributed by atoms with Crippen LogP contribution in [0.5, 0.6) is 0 Å². The largest absolute Gasteiger partial charge is 0.468 e. The molecular weight excluding hydrogens is 358 g/mol. The van der Waals surface area contributed by atoms with Gasteiger partial charge in [-0.2, -0.15) is 0 Å². The molecule has 0 unspecified atom stereocenters. The summed E-state index contributed by atoms with van der Waals surface area (Å²) in [4.78, 5) is 52.4. The molecule has 1 atom stereocenters. The van der Waals surface area contributed by atoms with Gasteiger partial charge in [-0.25, -0.2) is 9.69 Å². The van der Waals surface area contributed by atoms with E-state index in [2.05, 4.69) is 0 Å². The molecule has 0 saturated carbocycles. The van der Waals surface area contributed by atoms with Gasteiger partial charge >= 0.3 is 23.8 Å². The van der Waals surface area contributed by atoms with Gasteiger partial charge in [-0.15, -0.1) is 11.8 Å².